The molecule has 1 aliphatic rings. The second kappa shape index (κ2) is 6.69. The normalized spacial score (nSPS) is 23.6. The van der Waals surface area contributed by atoms with Crippen LogP contribution in [0.15, 0.2) is 28.7 Å². The van der Waals surface area contributed by atoms with Crippen LogP contribution in [-0.4, -0.2) is 5.78 Å². The van der Waals surface area contributed by atoms with Crippen molar-refractivity contribution >= 4 is 21.7 Å². The van der Waals surface area contributed by atoms with Gasteiger partial charge in [0.15, 0.2) is 0 Å². The van der Waals surface area contributed by atoms with E-state index in [2.05, 4.69) is 29.8 Å². The van der Waals surface area contributed by atoms with Gasteiger partial charge in [0.1, 0.15) is 5.78 Å². The Morgan fingerprint density at radius 3 is 2.26 bits per heavy atom. The molecule has 0 aromatic heterocycles. The van der Waals surface area contributed by atoms with Gasteiger partial charge < -0.3 is 0 Å². The minimum atomic E-state index is 0.304. The summed E-state index contributed by atoms with van der Waals surface area (Å²) in [5, 5.41) is 0. The summed E-state index contributed by atoms with van der Waals surface area (Å²) >= 11 is 3.42. The highest BCUT2D eigenvalue weighted by Gasteiger charge is 2.27. The van der Waals surface area contributed by atoms with Crippen LogP contribution in [0.5, 0.6) is 0 Å². The zero-order valence-corrected chi connectivity index (χ0v) is 13.4. The van der Waals surface area contributed by atoms with Crippen molar-refractivity contribution in [1.29, 1.82) is 0 Å². The van der Waals surface area contributed by atoms with E-state index in [9.17, 15) is 4.79 Å². The van der Waals surface area contributed by atoms with Gasteiger partial charge in [0.2, 0.25) is 0 Å². The Bertz CT molecular complexity index is 413. The molecule has 0 amide bonds. The number of halogens is 1. The fourth-order valence-corrected chi connectivity index (χ4v) is 3.32. The van der Waals surface area contributed by atoms with E-state index in [1.165, 1.54) is 12.8 Å². The predicted octanol–water partition coefficient (Wildman–Crippen LogP) is 5.02. The van der Waals surface area contributed by atoms with Crippen LogP contribution in [0.4, 0.5) is 0 Å². The van der Waals surface area contributed by atoms with E-state index in [4.69, 9.17) is 0 Å². The van der Waals surface area contributed by atoms with Crippen LogP contribution in [0, 0.1) is 17.8 Å². The summed E-state index contributed by atoms with van der Waals surface area (Å²) in [6, 6.07) is 8.11. The highest BCUT2D eigenvalue weighted by Crippen LogP contribution is 2.34. The van der Waals surface area contributed by atoms with Gasteiger partial charge in [-0.15, -0.1) is 0 Å². The van der Waals surface area contributed by atoms with Gasteiger partial charge in [-0.2, -0.15) is 0 Å². The average molecular weight is 323 g/mol. The summed E-state index contributed by atoms with van der Waals surface area (Å²) in [5.41, 5.74) is 1.14. The van der Waals surface area contributed by atoms with E-state index in [1.54, 1.807) is 0 Å². The van der Waals surface area contributed by atoms with E-state index in [0.717, 1.165) is 34.7 Å². The maximum Gasteiger partial charge on any atom is 0.140 e. The summed E-state index contributed by atoms with van der Waals surface area (Å²) in [6.45, 7) is 4.60. The first kappa shape index (κ1) is 14.8. The van der Waals surface area contributed by atoms with Crippen LogP contribution < -0.4 is 0 Å². The van der Waals surface area contributed by atoms with Crippen LogP contribution in [0.3, 0.4) is 0 Å². The van der Waals surface area contributed by atoms with Crippen molar-refractivity contribution in [2.24, 2.45) is 17.8 Å². The topological polar surface area (TPSA) is 17.1 Å². The lowest BCUT2D eigenvalue weighted by Crippen LogP contribution is -2.25. The number of rotatable bonds is 4. The molecule has 1 aromatic rings. The molecule has 0 radical (unpaired) electrons. The lowest BCUT2D eigenvalue weighted by Gasteiger charge is -2.30. The second-order valence-corrected chi connectivity index (χ2v) is 7.04. The third kappa shape index (κ3) is 4.17. The molecule has 0 N–H and O–H groups in total. The van der Waals surface area contributed by atoms with E-state index in [0.29, 0.717) is 18.1 Å². The number of hydrogen-bond donors (Lipinski definition) is 0. The molecule has 1 fully saturated rings. The number of ketones is 1. The minimum absolute atomic E-state index is 0.304. The van der Waals surface area contributed by atoms with Gasteiger partial charge in [-0.1, -0.05) is 41.9 Å². The van der Waals surface area contributed by atoms with Gasteiger partial charge in [-0.25, -0.2) is 0 Å². The van der Waals surface area contributed by atoms with Crippen LogP contribution in [0.25, 0.3) is 0 Å². The molecular weight excluding hydrogens is 300 g/mol. The third-order valence-corrected chi connectivity index (χ3v) is 4.99. The Kier molecular flexibility index (Phi) is 5.20. The summed E-state index contributed by atoms with van der Waals surface area (Å²) < 4.78 is 1.07. The lowest BCUT2D eigenvalue weighted by atomic mass is 9.75. The third-order valence-electron chi connectivity index (χ3n) is 4.46. The molecule has 2 rings (SSSR count). The molecule has 1 saturated carbocycles. The summed E-state index contributed by atoms with van der Waals surface area (Å²) in [4.78, 5) is 12.3. The smallest absolute Gasteiger partial charge is 0.140 e. The maximum absolute atomic E-state index is 12.3. The highest BCUT2D eigenvalue weighted by molar-refractivity contribution is 9.10. The minimum Gasteiger partial charge on any atom is -0.299 e. The fourth-order valence-electron chi connectivity index (χ4n) is 3.06. The number of hydrogen-bond acceptors (Lipinski definition) is 1. The second-order valence-electron chi connectivity index (χ2n) is 6.13. The Balaban J connectivity index is 1.86. The van der Waals surface area contributed by atoms with Gasteiger partial charge in [0, 0.05) is 16.8 Å². The van der Waals surface area contributed by atoms with Gasteiger partial charge in [0.05, 0.1) is 0 Å². The summed E-state index contributed by atoms with van der Waals surface area (Å²) in [6.07, 6.45) is 5.25. The van der Waals surface area contributed by atoms with Crippen molar-refractivity contribution in [3.05, 3.63) is 34.3 Å². The van der Waals surface area contributed by atoms with Crippen molar-refractivity contribution in [2.45, 2.75) is 46.0 Å². The molecular formula is C17H23BrO. The molecule has 0 unspecified atom stereocenters. The Labute approximate surface area is 124 Å². The Hall–Kier alpha value is -0.630. The SMILES string of the molecule is CC(C)C1CCC(C(=O)Cc2ccc(Br)cc2)CC1. The van der Waals surface area contributed by atoms with E-state index < -0.39 is 0 Å². The van der Waals surface area contributed by atoms with Gasteiger partial charge in [-0.3, -0.25) is 4.79 Å². The van der Waals surface area contributed by atoms with E-state index in [1.807, 2.05) is 24.3 Å². The molecule has 104 valence electrons. The Morgan fingerprint density at radius 1 is 1.16 bits per heavy atom. The lowest BCUT2D eigenvalue weighted by molar-refractivity contribution is -0.123. The molecule has 1 nitrogen and oxygen atoms in total. The van der Waals surface area contributed by atoms with Gasteiger partial charge in [0.25, 0.3) is 0 Å². The molecule has 1 aliphatic carbocycles. The molecule has 0 saturated heterocycles. The molecule has 2 heteroatoms. The standard InChI is InChI=1S/C17H23BrO/c1-12(2)14-5-7-15(8-6-14)17(19)11-13-3-9-16(18)10-4-13/h3-4,9-10,12,14-15H,5-8,11H2,1-2H3. The van der Waals surface area contributed by atoms with Gasteiger partial charge >= 0.3 is 0 Å². The van der Waals surface area contributed by atoms with Crippen molar-refractivity contribution in [1.82, 2.24) is 0 Å². The molecule has 0 bridgehead atoms. The van der Waals surface area contributed by atoms with Crippen molar-refractivity contribution in [2.75, 3.05) is 0 Å². The quantitative estimate of drug-likeness (QED) is 0.760. The highest BCUT2D eigenvalue weighted by atomic mass is 79.9. The predicted molar refractivity (Wildman–Crippen MR) is 83.1 cm³/mol. The zero-order chi connectivity index (χ0) is 13.8. The monoisotopic (exact) mass is 322 g/mol. The van der Waals surface area contributed by atoms with Gasteiger partial charge in [-0.05, 0) is 55.2 Å². The van der Waals surface area contributed by atoms with E-state index in [-0.39, 0.29) is 0 Å². The number of carbonyl (C=O) groups is 1. The first-order valence-corrected chi connectivity index (χ1v) is 8.12. The number of Topliss-reactive ketones (excluding diaryl/α,β-unsaturated/α-hetero) is 1. The maximum atomic E-state index is 12.3. The molecule has 0 spiro atoms. The molecule has 19 heavy (non-hydrogen) atoms. The van der Waals surface area contributed by atoms with Crippen LogP contribution in [-0.2, 0) is 11.2 Å². The van der Waals surface area contributed by atoms with E-state index >= 15 is 0 Å². The summed E-state index contributed by atoms with van der Waals surface area (Å²) in [5.74, 6) is 2.34. The summed E-state index contributed by atoms with van der Waals surface area (Å²) in [7, 11) is 0. The largest absolute Gasteiger partial charge is 0.299 e. The van der Waals surface area contributed by atoms with Crippen LogP contribution in [0.1, 0.15) is 45.1 Å². The van der Waals surface area contributed by atoms with Crippen molar-refractivity contribution in [3.8, 4) is 0 Å². The van der Waals surface area contributed by atoms with Crippen LogP contribution >= 0.6 is 15.9 Å². The molecule has 1 aromatic carbocycles. The first-order chi connectivity index (χ1) is 9.06. The first-order valence-electron chi connectivity index (χ1n) is 7.33. The molecule has 0 atom stereocenters. The van der Waals surface area contributed by atoms with Crippen molar-refractivity contribution < 1.29 is 4.79 Å². The number of carbonyl (C=O) groups excluding carboxylic acids is 1. The van der Waals surface area contributed by atoms with Crippen LogP contribution in [0.2, 0.25) is 0 Å². The van der Waals surface area contributed by atoms with Crippen molar-refractivity contribution in [3.63, 3.8) is 0 Å². The zero-order valence-electron chi connectivity index (χ0n) is 11.9. The molecule has 0 heterocycles. The average Bonchev–Trinajstić information content (AvgIpc) is 2.41. The molecule has 0 aliphatic heterocycles. The Morgan fingerprint density at radius 2 is 1.74 bits per heavy atom. The fraction of sp³-hybridized carbons (Fsp3) is 0.588. The number of benzene rings is 1.